The molecule has 1 heterocycles. The van der Waals surface area contributed by atoms with Crippen molar-refractivity contribution >= 4 is 34.6 Å². The third kappa shape index (κ3) is 5.15. The molecular formula is C24H20N2O2S. The summed E-state index contributed by atoms with van der Waals surface area (Å²) in [5.41, 5.74) is 4.01. The Kier molecular flexibility index (Phi) is 5.77. The molecule has 1 aliphatic heterocycles. The van der Waals surface area contributed by atoms with Gasteiger partial charge in [-0.3, -0.25) is 4.79 Å². The number of aliphatic imine (C=N–C) groups is 1. The summed E-state index contributed by atoms with van der Waals surface area (Å²) in [4.78, 5) is 17.4. The zero-order valence-electron chi connectivity index (χ0n) is 16.0. The third-order valence-electron chi connectivity index (χ3n) is 4.32. The zero-order valence-corrected chi connectivity index (χ0v) is 16.8. The van der Waals surface area contributed by atoms with Crippen molar-refractivity contribution in [3.63, 3.8) is 0 Å². The maximum Gasteiger partial charge on any atom is 0.264 e. The van der Waals surface area contributed by atoms with Crippen molar-refractivity contribution in [2.24, 2.45) is 4.99 Å². The Morgan fingerprint density at radius 1 is 1.00 bits per heavy atom. The highest BCUT2D eigenvalue weighted by atomic mass is 32.2. The predicted molar refractivity (Wildman–Crippen MR) is 119 cm³/mol. The molecule has 4 nitrogen and oxygen atoms in total. The summed E-state index contributed by atoms with van der Waals surface area (Å²) in [6.07, 6.45) is 1.85. The van der Waals surface area contributed by atoms with E-state index < -0.39 is 0 Å². The number of carbonyl (C=O) groups excluding carboxylic acids is 1. The Labute approximate surface area is 174 Å². The van der Waals surface area contributed by atoms with Gasteiger partial charge in [-0.2, -0.15) is 0 Å². The van der Waals surface area contributed by atoms with Crippen LogP contribution >= 0.6 is 11.8 Å². The van der Waals surface area contributed by atoms with Gasteiger partial charge in [-0.25, -0.2) is 4.99 Å². The number of rotatable bonds is 5. The first-order valence-corrected chi connectivity index (χ1v) is 10.1. The average molecular weight is 401 g/mol. The van der Waals surface area contributed by atoms with Gasteiger partial charge < -0.3 is 10.1 Å². The molecule has 1 aliphatic rings. The quantitative estimate of drug-likeness (QED) is 0.578. The molecule has 0 aliphatic carbocycles. The molecule has 1 N–H and O–H groups in total. The van der Waals surface area contributed by atoms with Crippen molar-refractivity contribution in [2.45, 2.75) is 13.5 Å². The van der Waals surface area contributed by atoms with E-state index in [0.29, 0.717) is 16.7 Å². The van der Waals surface area contributed by atoms with E-state index in [4.69, 9.17) is 4.74 Å². The van der Waals surface area contributed by atoms with Gasteiger partial charge in [0, 0.05) is 0 Å². The molecule has 0 atom stereocenters. The van der Waals surface area contributed by atoms with E-state index in [-0.39, 0.29) is 5.91 Å². The first-order chi connectivity index (χ1) is 14.2. The normalized spacial score (nSPS) is 16.2. The standard InChI is InChI=1S/C24H20N2O2S/c1-17-10-12-20(13-11-17)25-24-26-23(27)22(29-24)15-19-8-5-9-21(14-19)28-16-18-6-3-2-4-7-18/h2-15H,16H2,1H3,(H,25,26,27). The molecule has 5 heteroatoms. The molecule has 0 saturated carbocycles. The molecule has 0 unspecified atom stereocenters. The molecule has 3 aromatic rings. The highest BCUT2D eigenvalue weighted by Crippen LogP contribution is 2.29. The van der Waals surface area contributed by atoms with Crippen molar-refractivity contribution in [1.82, 2.24) is 5.32 Å². The number of ether oxygens (including phenoxy) is 1. The largest absolute Gasteiger partial charge is 0.489 e. The predicted octanol–water partition coefficient (Wildman–Crippen LogP) is 5.47. The van der Waals surface area contributed by atoms with Crippen molar-refractivity contribution in [3.05, 3.63) is 100 Å². The maximum atomic E-state index is 12.3. The molecule has 0 radical (unpaired) electrons. The summed E-state index contributed by atoms with van der Waals surface area (Å²) >= 11 is 1.34. The fourth-order valence-electron chi connectivity index (χ4n) is 2.80. The Hall–Kier alpha value is -3.31. The summed E-state index contributed by atoms with van der Waals surface area (Å²) in [6.45, 7) is 2.53. The lowest BCUT2D eigenvalue weighted by atomic mass is 10.2. The minimum atomic E-state index is -0.142. The third-order valence-corrected chi connectivity index (χ3v) is 5.23. The van der Waals surface area contributed by atoms with Gasteiger partial charge in [0.15, 0.2) is 5.17 Å². The SMILES string of the molecule is Cc1ccc(N=C2NC(=O)C(=Cc3cccc(OCc4ccccc4)c3)S2)cc1. The molecule has 1 saturated heterocycles. The molecule has 1 amide bonds. The fraction of sp³-hybridized carbons (Fsp3) is 0.0833. The van der Waals surface area contributed by atoms with Gasteiger partial charge in [-0.15, -0.1) is 0 Å². The molecule has 144 valence electrons. The van der Waals surface area contributed by atoms with E-state index >= 15 is 0 Å². The number of carbonyl (C=O) groups is 1. The van der Waals surface area contributed by atoms with Crippen molar-refractivity contribution in [3.8, 4) is 5.75 Å². The van der Waals surface area contributed by atoms with Crippen LogP contribution in [0.25, 0.3) is 6.08 Å². The molecule has 0 aromatic heterocycles. The van der Waals surface area contributed by atoms with E-state index in [9.17, 15) is 4.79 Å². The van der Waals surface area contributed by atoms with Gasteiger partial charge in [-0.1, -0.05) is 60.2 Å². The second kappa shape index (κ2) is 8.80. The average Bonchev–Trinajstić information content (AvgIpc) is 3.08. The first kappa shape index (κ1) is 19.0. The van der Waals surface area contributed by atoms with Gasteiger partial charge >= 0.3 is 0 Å². The van der Waals surface area contributed by atoms with Crippen LogP contribution in [-0.4, -0.2) is 11.1 Å². The highest BCUT2D eigenvalue weighted by Gasteiger charge is 2.23. The summed E-state index contributed by atoms with van der Waals surface area (Å²) < 4.78 is 5.87. The second-order valence-electron chi connectivity index (χ2n) is 6.66. The number of nitrogens with zero attached hydrogens (tertiary/aromatic N) is 1. The van der Waals surface area contributed by atoms with Crippen LogP contribution in [-0.2, 0) is 11.4 Å². The van der Waals surface area contributed by atoms with Crippen molar-refractivity contribution in [2.75, 3.05) is 0 Å². The van der Waals surface area contributed by atoms with Crippen LogP contribution in [0.1, 0.15) is 16.7 Å². The smallest absolute Gasteiger partial charge is 0.264 e. The van der Waals surface area contributed by atoms with Crippen LogP contribution in [0.2, 0.25) is 0 Å². The Balaban J connectivity index is 1.46. The number of amidine groups is 1. The van der Waals surface area contributed by atoms with Crippen LogP contribution in [0.3, 0.4) is 0 Å². The summed E-state index contributed by atoms with van der Waals surface area (Å²) in [6, 6.07) is 25.6. The van der Waals surface area contributed by atoms with Crippen LogP contribution in [0, 0.1) is 6.92 Å². The van der Waals surface area contributed by atoms with Crippen molar-refractivity contribution < 1.29 is 9.53 Å². The Bertz CT molecular complexity index is 1070. The van der Waals surface area contributed by atoms with Crippen LogP contribution < -0.4 is 10.1 Å². The minimum absolute atomic E-state index is 0.142. The summed E-state index contributed by atoms with van der Waals surface area (Å²) in [5, 5.41) is 3.41. The van der Waals surface area contributed by atoms with Crippen LogP contribution in [0.15, 0.2) is 88.8 Å². The lowest BCUT2D eigenvalue weighted by molar-refractivity contribution is -0.115. The molecular weight excluding hydrogens is 380 g/mol. The summed E-state index contributed by atoms with van der Waals surface area (Å²) in [7, 11) is 0. The monoisotopic (exact) mass is 400 g/mol. The van der Waals surface area contributed by atoms with Gasteiger partial charge in [0.25, 0.3) is 5.91 Å². The molecule has 0 bridgehead atoms. The first-order valence-electron chi connectivity index (χ1n) is 9.29. The van der Waals surface area contributed by atoms with Crippen LogP contribution in [0.5, 0.6) is 5.75 Å². The lowest BCUT2D eigenvalue weighted by Gasteiger charge is -2.07. The summed E-state index contributed by atoms with van der Waals surface area (Å²) in [5.74, 6) is 0.622. The number of nitrogens with one attached hydrogen (secondary N) is 1. The molecule has 29 heavy (non-hydrogen) atoms. The highest BCUT2D eigenvalue weighted by molar-refractivity contribution is 8.18. The second-order valence-corrected chi connectivity index (χ2v) is 7.69. The Morgan fingerprint density at radius 3 is 2.59 bits per heavy atom. The topological polar surface area (TPSA) is 50.7 Å². The molecule has 3 aromatic carbocycles. The number of amides is 1. The lowest BCUT2D eigenvalue weighted by Crippen LogP contribution is -2.19. The zero-order chi connectivity index (χ0) is 20.1. The van der Waals surface area contributed by atoms with E-state index in [1.54, 1.807) is 0 Å². The minimum Gasteiger partial charge on any atom is -0.489 e. The fourth-order valence-corrected chi connectivity index (χ4v) is 3.65. The van der Waals surface area contributed by atoms with Gasteiger partial charge in [-0.05, 0) is 60.2 Å². The van der Waals surface area contributed by atoms with Gasteiger partial charge in [0.1, 0.15) is 12.4 Å². The number of hydrogen-bond donors (Lipinski definition) is 1. The van der Waals surface area contributed by atoms with Crippen molar-refractivity contribution in [1.29, 1.82) is 0 Å². The number of benzene rings is 3. The number of hydrogen-bond acceptors (Lipinski definition) is 4. The maximum absolute atomic E-state index is 12.3. The van der Waals surface area contributed by atoms with E-state index in [0.717, 1.165) is 22.6 Å². The molecule has 4 rings (SSSR count). The van der Waals surface area contributed by atoms with E-state index in [1.165, 1.54) is 17.3 Å². The Morgan fingerprint density at radius 2 is 1.79 bits per heavy atom. The van der Waals surface area contributed by atoms with E-state index in [2.05, 4.69) is 10.3 Å². The van der Waals surface area contributed by atoms with Gasteiger partial charge in [0.2, 0.25) is 0 Å². The number of aryl methyl sites for hydroxylation is 1. The molecule has 1 fully saturated rings. The van der Waals surface area contributed by atoms with E-state index in [1.807, 2.05) is 91.9 Å². The number of thioether (sulfide) groups is 1. The molecule has 0 spiro atoms. The van der Waals surface area contributed by atoms with Gasteiger partial charge in [0.05, 0.1) is 10.6 Å². The van der Waals surface area contributed by atoms with Crippen LogP contribution in [0.4, 0.5) is 5.69 Å².